The summed E-state index contributed by atoms with van der Waals surface area (Å²) in [6.45, 7) is 2.36. The van der Waals surface area contributed by atoms with Crippen molar-refractivity contribution in [3.8, 4) is 28.5 Å². The Morgan fingerprint density at radius 2 is 1.48 bits per heavy atom. The highest BCUT2D eigenvalue weighted by atomic mass is 19.1. The van der Waals surface area contributed by atoms with E-state index >= 15 is 0 Å². The van der Waals surface area contributed by atoms with E-state index in [1.54, 1.807) is 26.2 Å². The predicted molar refractivity (Wildman–Crippen MR) is 122 cm³/mol. The van der Waals surface area contributed by atoms with Crippen molar-refractivity contribution in [2.75, 3.05) is 52.4 Å². The van der Waals surface area contributed by atoms with E-state index in [0.717, 1.165) is 11.4 Å². The summed E-state index contributed by atoms with van der Waals surface area (Å²) in [5, 5.41) is 8.77. The van der Waals surface area contributed by atoms with Crippen LogP contribution in [-0.4, -0.2) is 68.5 Å². The van der Waals surface area contributed by atoms with Crippen LogP contribution in [0.1, 0.15) is 10.4 Å². The van der Waals surface area contributed by atoms with Gasteiger partial charge in [0.2, 0.25) is 5.75 Å². The molecular weight excluding hydrogens is 427 g/mol. The number of amides is 1. The molecule has 0 spiro atoms. The molecule has 4 rings (SSSR count). The molecule has 9 heteroatoms. The van der Waals surface area contributed by atoms with Crippen molar-refractivity contribution in [3.05, 3.63) is 59.9 Å². The van der Waals surface area contributed by atoms with Crippen LogP contribution in [-0.2, 0) is 0 Å². The molecule has 3 aromatic rings. The summed E-state index contributed by atoms with van der Waals surface area (Å²) in [7, 11) is 4.69. The molecule has 8 nitrogen and oxygen atoms in total. The zero-order valence-corrected chi connectivity index (χ0v) is 18.7. The number of piperazine rings is 1. The lowest BCUT2D eigenvalue weighted by atomic mass is 10.1. The molecule has 1 amide bonds. The molecule has 0 saturated carbocycles. The SMILES string of the molecule is COc1cc(-c2ccc(N3CCN(C(=O)c4ccc(F)cc4)CC3)nn2)cc(OC)c1OC. The summed E-state index contributed by atoms with van der Waals surface area (Å²) in [4.78, 5) is 16.5. The number of carbonyl (C=O) groups excluding carboxylic acids is 1. The van der Waals surface area contributed by atoms with Crippen LogP contribution in [0.25, 0.3) is 11.3 Å². The van der Waals surface area contributed by atoms with Crippen LogP contribution in [0.2, 0.25) is 0 Å². The van der Waals surface area contributed by atoms with Gasteiger partial charge in [0.25, 0.3) is 5.91 Å². The number of rotatable bonds is 6. The Balaban J connectivity index is 1.44. The number of ether oxygens (including phenoxy) is 3. The van der Waals surface area contributed by atoms with Crippen LogP contribution >= 0.6 is 0 Å². The van der Waals surface area contributed by atoms with Gasteiger partial charge in [0.05, 0.1) is 27.0 Å². The molecule has 0 N–H and O–H groups in total. The number of hydrogen-bond donors (Lipinski definition) is 0. The fourth-order valence-corrected chi connectivity index (χ4v) is 3.79. The zero-order valence-electron chi connectivity index (χ0n) is 18.7. The molecule has 33 heavy (non-hydrogen) atoms. The summed E-state index contributed by atoms with van der Waals surface area (Å²) in [5.41, 5.74) is 1.95. The van der Waals surface area contributed by atoms with E-state index in [-0.39, 0.29) is 11.7 Å². The molecule has 172 valence electrons. The first-order valence-corrected chi connectivity index (χ1v) is 10.5. The second-order valence-corrected chi connectivity index (χ2v) is 7.48. The second-order valence-electron chi connectivity index (χ2n) is 7.48. The van der Waals surface area contributed by atoms with E-state index in [1.165, 1.54) is 24.3 Å². The molecule has 0 atom stereocenters. The third-order valence-corrected chi connectivity index (χ3v) is 5.59. The highest BCUT2D eigenvalue weighted by Gasteiger charge is 2.23. The second kappa shape index (κ2) is 9.72. The largest absolute Gasteiger partial charge is 0.493 e. The van der Waals surface area contributed by atoms with Crippen molar-refractivity contribution in [2.24, 2.45) is 0 Å². The summed E-state index contributed by atoms with van der Waals surface area (Å²) in [5.74, 6) is 1.88. The minimum Gasteiger partial charge on any atom is -0.493 e. The molecule has 1 aliphatic rings. The number of methoxy groups -OCH3 is 3. The molecule has 1 fully saturated rings. The van der Waals surface area contributed by atoms with Crippen LogP contribution in [0, 0.1) is 5.82 Å². The maximum atomic E-state index is 13.1. The number of nitrogens with zero attached hydrogens (tertiary/aromatic N) is 4. The molecule has 0 aliphatic carbocycles. The Morgan fingerprint density at radius 1 is 0.848 bits per heavy atom. The van der Waals surface area contributed by atoms with E-state index in [9.17, 15) is 9.18 Å². The van der Waals surface area contributed by atoms with Crippen LogP contribution in [0.3, 0.4) is 0 Å². The van der Waals surface area contributed by atoms with Gasteiger partial charge in [-0.15, -0.1) is 10.2 Å². The first-order chi connectivity index (χ1) is 16.0. The maximum Gasteiger partial charge on any atom is 0.253 e. The maximum absolute atomic E-state index is 13.1. The van der Waals surface area contributed by atoms with Crippen LogP contribution in [0.15, 0.2) is 48.5 Å². The molecule has 0 radical (unpaired) electrons. The monoisotopic (exact) mass is 452 g/mol. The fourth-order valence-electron chi connectivity index (χ4n) is 3.79. The number of halogens is 1. The number of aromatic nitrogens is 2. The Bertz CT molecular complexity index is 1090. The summed E-state index contributed by atoms with van der Waals surface area (Å²) in [6.07, 6.45) is 0. The predicted octanol–water partition coefficient (Wildman–Crippen LogP) is 3.27. The lowest BCUT2D eigenvalue weighted by molar-refractivity contribution is 0.0746. The van der Waals surface area contributed by atoms with Crippen molar-refractivity contribution >= 4 is 11.7 Å². The van der Waals surface area contributed by atoms with Crippen molar-refractivity contribution in [3.63, 3.8) is 0 Å². The lowest BCUT2D eigenvalue weighted by Crippen LogP contribution is -2.49. The quantitative estimate of drug-likeness (QED) is 0.568. The first kappa shape index (κ1) is 22.3. The van der Waals surface area contributed by atoms with Gasteiger partial charge in [-0.05, 0) is 48.5 Å². The molecule has 1 aliphatic heterocycles. The fraction of sp³-hybridized carbons (Fsp3) is 0.292. The van der Waals surface area contributed by atoms with Gasteiger partial charge in [0, 0.05) is 37.3 Å². The van der Waals surface area contributed by atoms with E-state index in [1.807, 2.05) is 24.3 Å². The Labute approximate surface area is 191 Å². The standard InChI is InChI=1S/C24H25FN4O4/c1-31-20-14-17(15-21(32-2)23(20)33-3)19-8-9-22(27-26-19)28-10-12-29(13-11-28)24(30)16-4-6-18(25)7-5-16/h4-9,14-15H,10-13H2,1-3H3. The molecule has 1 aromatic heterocycles. The summed E-state index contributed by atoms with van der Waals surface area (Å²) >= 11 is 0. The van der Waals surface area contributed by atoms with Gasteiger partial charge in [0.15, 0.2) is 17.3 Å². The van der Waals surface area contributed by atoms with Gasteiger partial charge in [0.1, 0.15) is 5.82 Å². The Kier molecular flexibility index (Phi) is 6.58. The highest BCUT2D eigenvalue weighted by molar-refractivity contribution is 5.94. The third kappa shape index (κ3) is 4.67. The third-order valence-electron chi connectivity index (χ3n) is 5.59. The molecule has 1 saturated heterocycles. The Morgan fingerprint density at radius 3 is 2.00 bits per heavy atom. The van der Waals surface area contributed by atoms with Gasteiger partial charge in [-0.2, -0.15) is 0 Å². The average Bonchev–Trinajstić information content (AvgIpc) is 2.88. The van der Waals surface area contributed by atoms with E-state index in [0.29, 0.717) is 54.7 Å². The number of hydrogen-bond acceptors (Lipinski definition) is 7. The topological polar surface area (TPSA) is 77.0 Å². The van der Waals surface area contributed by atoms with Crippen molar-refractivity contribution in [1.82, 2.24) is 15.1 Å². The van der Waals surface area contributed by atoms with Gasteiger partial charge in [-0.25, -0.2) is 4.39 Å². The van der Waals surface area contributed by atoms with E-state index in [4.69, 9.17) is 14.2 Å². The van der Waals surface area contributed by atoms with Crippen molar-refractivity contribution in [2.45, 2.75) is 0 Å². The lowest BCUT2D eigenvalue weighted by Gasteiger charge is -2.35. The average molecular weight is 452 g/mol. The van der Waals surface area contributed by atoms with Crippen LogP contribution in [0.4, 0.5) is 10.2 Å². The highest BCUT2D eigenvalue weighted by Crippen LogP contribution is 2.40. The first-order valence-electron chi connectivity index (χ1n) is 10.5. The van der Waals surface area contributed by atoms with E-state index < -0.39 is 0 Å². The Hall–Kier alpha value is -3.88. The number of carbonyl (C=O) groups is 1. The van der Waals surface area contributed by atoms with Gasteiger partial charge in [-0.3, -0.25) is 4.79 Å². The summed E-state index contributed by atoms with van der Waals surface area (Å²) in [6, 6.07) is 13.1. The van der Waals surface area contributed by atoms with Crippen LogP contribution in [0.5, 0.6) is 17.2 Å². The minimum atomic E-state index is -0.357. The smallest absolute Gasteiger partial charge is 0.253 e. The minimum absolute atomic E-state index is 0.0986. The van der Waals surface area contributed by atoms with Crippen LogP contribution < -0.4 is 19.1 Å². The van der Waals surface area contributed by atoms with Crippen molar-refractivity contribution < 1.29 is 23.4 Å². The molecule has 2 heterocycles. The van der Waals surface area contributed by atoms with Crippen molar-refractivity contribution in [1.29, 1.82) is 0 Å². The zero-order chi connectivity index (χ0) is 23.4. The molecular formula is C24H25FN4O4. The molecule has 2 aromatic carbocycles. The van der Waals surface area contributed by atoms with Gasteiger partial charge < -0.3 is 24.0 Å². The van der Waals surface area contributed by atoms with Gasteiger partial charge in [-0.1, -0.05) is 0 Å². The number of benzene rings is 2. The number of anilines is 1. The van der Waals surface area contributed by atoms with E-state index in [2.05, 4.69) is 15.1 Å². The molecule has 0 unspecified atom stereocenters. The van der Waals surface area contributed by atoms with Gasteiger partial charge >= 0.3 is 0 Å². The normalized spacial score (nSPS) is 13.6. The molecule has 0 bridgehead atoms. The summed E-state index contributed by atoms with van der Waals surface area (Å²) < 4.78 is 29.3.